The molecule has 0 amide bonds. The summed E-state index contributed by atoms with van der Waals surface area (Å²) in [7, 11) is 0. The maximum atomic E-state index is 5.64. The number of benzene rings is 1. The average Bonchev–Trinajstić information content (AvgIpc) is 2.67. The lowest BCUT2D eigenvalue weighted by atomic mass is 10.2. The van der Waals surface area contributed by atoms with Crippen molar-refractivity contribution in [2.24, 2.45) is 5.92 Å². The van der Waals surface area contributed by atoms with Gasteiger partial charge in [-0.1, -0.05) is 12.1 Å². The van der Waals surface area contributed by atoms with E-state index in [-0.39, 0.29) is 0 Å². The molecule has 0 bridgehead atoms. The molecule has 0 radical (unpaired) electrons. The standard InChI is InChI=1S/C11H13NOS/c12-10-2-1-3-11(6-10)13-7-9-4-5-14-8-9/h1-6,9H,7-8,12H2. The number of nitrogen functional groups attached to an aromatic ring is 1. The van der Waals surface area contributed by atoms with Crippen LogP contribution in [0.2, 0.25) is 0 Å². The smallest absolute Gasteiger partial charge is 0.121 e. The van der Waals surface area contributed by atoms with Crippen molar-refractivity contribution in [1.82, 2.24) is 0 Å². The van der Waals surface area contributed by atoms with E-state index in [0.717, 1.165) is 23.8 Å². The highest BCUT2D eigenvalue weighted by Gasteiger charge is 2.10. The molecule has 14 heavy (non-hydrogen) atoms. The lowest BCUT2D eigenvalue weighted by Gasteiger charge is -2.09. The van der Waals surface area contributed by atoms with Gasteiger partial charge in [0, 0.05) is 23.4 Å². The molecule has 0 aromatic heterocycles. The van der Waals surface area contributed by atoms with Crippen LogP contribution in [0.5, 0.6) is 5.75 Å². The first-order chi connectivity index (χ1) is 6.84. The van der Waals surface area contributed by atoms with Gasteiger partial charge >= 0.3 is 0 Å². The normalized spacial score (nSPS) is 19.9. The van der Waals surface area contributed by atoms with E-state index in [4.69, 9.17) is 10.5 Å². The SMILES string of the molecule is Nc1cccc(OCC2C=CSC2)c1. The fraction of sp³-hybridized carbons (Fsp3) is 0.273. The Balaban J connectivity index is 1.88. The van der Waals surface area contributed by atoms with Crippen LogP contribution in [0.25, 0.3) is 0 Å². The number of rotatable bonds is 3. The number of thioether (sulfide) groups is 1. The second-order valence-electron chi connectivity index (χ2n) is 3.31. The van der Waals surface area contributed by atoms with Crippen molar-refractivity contribution >= 4 is 17.4 Å². The molecule has 0 saturated carbocycles. The van der Waals surface area contributed by atoms with Gasteiger partial charge in [0.25, 0.3) is 0 Å². The van der Waals surface area contributed by atoms with Gasteiger partial charge in [-0.15, -0.1) is 11.8 Å². The molecule has 0 fully saturated rings. The second kappa shape index (κ2) is 4.42. The van der Waals surface area contributed by atoms with Crippen LogP contribution < -0.4 is 10.5 Å². The van der Waals surface area contributed by atoms with Gasteiger partial charge in [-0.05, 0) is 17.5 Å². The Morgan fingerprint density at radius 3 is 3.14 bits per heavy atom. The molecule has 1 aromatic carbocycles. The number of ether oxygens (including phenoxy) is 1. The quantitative estimate of drug-likeness (QED) is 0.773. The monoisotopic (exact) mass is 207 g/mol. The molecule has 74 valence electrons. The molecule has 1 atom stereocenters. The third-order valence-corrected chi connectivity index (χ3v) is 3.05. The summed E-state index contributed by atoms with van der Waals surface area (Å²) in [6, 6.07) is 7.55. The van der Waals surface area contributed by atoms with Crippen LogP contribution in [-0.4, -0.2) is 12.4 Å². The van der Waals surface area contributed by atoms with Gasteiger partial charge in [-0.2, -0.15) is 0 Å². The molecule has 3 heteroatoms. The zero-order chi connectivity index (χ0) is 9.80. The lowest BCUT2D eigenvalue weighted by molar-refractivity contribution is 0.288. The van der Waals surface area contributed by atoms with Gasteiger partial charge in [-0.25, -0.2) is 0 Å². The van der Waals surface area contributed by atoms with Crippen molar-refractivity contribution in [1.29, 1.82) is 0 Å². The number of hydrogen-bond acceptors (Lipinski definition) is 3. The van der Waals surface area contributed by atoms with Crippen molar-refractivity contribution in [3.05, 3.63) is 35.7 Å². The van der Waals surface area contributed by atoms with E-state index >= 15 is 0 Å². The van der Waals surface area contributed by atoms with Crippen molar-refractivity contribution in [2.75, 3.05) is 18.1 Å². The molecule has 0 spiro atoms. The number of nitrogens with two attached hydrogens (primary N) is 1. The third kappa shape index (κ3) is 2.45. The van der Waals surface area contributed by atoms with Crippen LogP contribution in [-0.2, 0) is 0 Å². The second-order valence-corrected chi connectivity index (χ2v) is 4.24. The first kappa shape index (κ1) is 9.46. The minimum absolute atomic E-state index is 0.543. The highest BCUT2D eigenvalue weighted by atomic mass is 32.2. The Kier molecular flexibility index (Phi) is 2.99. The first-order valence-corrected chi connectivity index (χ1v) is 5.66. The zero-order valence-electron chi connectivity index (χ0n) is 7.85. The van der Waals surface area contributed by atoms with Crippen LogP contribution in [0.15, 0.2) is 35.7 Å². The fourth-order valence-electron chi connectivity index (χ4n) is 1.31. The number of hydrogen-bond donors (Lipinski definition) is 1. The van der Waals surface area contributed by atoms with Gasteiger partial charge in [-0.3, -0.25) is 0 Å². The summed E-state index contributed by atoms with van der Waals surface area (Å²) in [4.78, 5) is 0. The summed E-state index contributed by atoms with van der Waals surface area (Å²) in [5.74, 6) is 2.53. The largest absolute Gasteiger partial charge is 0.493 e. The molecule has 1 aliphatic rings. The molecule has 1 unspecified atom stereocenters. The van der Waals surface area contributed by atoms with E-state index in [1.54, 1.807) is 0 Å². The minimum Gasteiger partial charge on any atom is -0.493 e. The van der Waals surface area contributed by atoms with Crippen molar-refractivity contribution in [3.63, 3.8) is 0 Å². The Hall–Kier alpha value is -1.09. The average molecular weight is 207 g/mol. The lowest BCUT2D eigenvalue weighted by Crippen LogP contribution is -2.09. The highest BCUT2D eigenvalue weighted by molar-refractivity contribution is 8.02. The van der Waals surface area contributed by atoms with E-state index in [9.17, 15) is 0 Å². The molecular formula is C11H13NOS. The maximum absolute atomic E-state index is 5.64. The van der Waals surface area contributed by atoms with Gasteiger partial charge in [0.15, 0.2) is 0 Å². The van der Waals surface area contributed by atoms with Gasteiger partial charge in [0.1, 0.15) is 5.75 Å². The van der Waals surface area contributed by atoms with Gasteiger partial charge in [0.2, 0.25) is 0 Å². The van der Waals surface area contributed by atoms with E-state index in [1.807, 2.05) is 36.0 Å². The molecule has 1 aromatic rings. The third-order valence-electron chi connectivity index (χ3n) is 2.08. The molecule has 1 heterocycles. The fourth-order valence-corrected chi connectivity index (χ4v) is 2.21. The van der Waals surface area contributed by atoms with Gasteiger partial charge in [0.05, 0.1) is 6.61 Å². The van der Waals surface area contributed by atoms with E-state index in [0.29, 0.717) is 5.92 Å². The number of anilines is 1. The predicted molar refractivity (Wildman–Crippen MR) is 61.4 cm³/mol. The van der Waals surface area contributed by atoms with Crippen molar-refractivity contribution in [2.45, 2.75) is 0 Å². The minimum atomic E-state index is 0.543. The zero-order valence-corrected chi connectivity index (χ0v) is 8.67. The molecular weight excluding hydrogens is 194 g/mol. The molecule has 1 aliphatic heterocycles. The summed E-state index contributed by atoms with van der Waals surface area (Å²) in [6.07, 6.45) is 2.19. The molecule has 2 rings (SSSR count). The predicted octanol–water partition coefficient (Wildman–Crippen LogP) is 2.52. The van der Waals surface area contributed by atoms with E-state index in [1.165, 1.54) is 0 Å². The Labute approximate surface area is 88.1 Å². The molecule has 0 aliphatic carbocycles. The highest BCUT2D eigenvalue weighted by Crippen LogP contribution is 2.22. The van der Waals surface area contributed by atoms with Crippen LogP contribution in [0, 0.1) is 5.92 Å². The van der Waals surface area contributed by atoms with Crippen LogP contribution in [0.1, 0.15) is 0 Å². The summed E-state index contributed by atoms with van der Waals surface area (Å²) >= 11 is 1.84. The molecule has 2 nitrogen and oxygen atoms in total. The van der Waals surface area contributed by atoms with E-state index < -0.39 is 0 Å². The van der Waals surface area contributed by atoms with Crippen molar-refractivity contribution in [3.8, 4) is 5.75 Å². The Bertz CT molecular complexity index is 338. The summed E-state index contributed by atoms with van der Waals surface area (Å²) in [5.41, 5.74) is 6.39. The topological polar surface area (TPSA) is 35.2 Å². The summed E-state index contributed by atoms with van der Waals surface area (Å²) in [5, 5.41) is 2.13. The Morgan fingerprint density at radius 1 is 1.50 bits per heavy atom. The molecule has 0 saturated heterocycles. The Morgan fingerprint density at radius 2 is 2.43 bits per heavy atom. The summed E-state index contributed by atoms with van der Waals surface area (Å²) < 4.78 is 5.63. The maximum Gasteiger partial charge on any atom is 0.121 e. The first-order valence-electron chi connectivity index (χ1n) is 4.61. The van der Waals surface area contributed by atoms with Crippen molar-refractivity contribution < 1.29 is 4.74 Å². The van der Waals surface area contributed by atoms with Crippen LogP contribution >= 0.6 is 11.8 Å². The van der Waals surface area contributed by atoms with Gasteiger partial charge < -0.3 is 10.5 Å². The van der Waals surface area contributed by atoms with Crippen LogP contribution in [0.3, 0.4) is 0 Å². The summed E-state index contributed by atoms with van der Waals surface area (Å²) in [6.45, 7) is 0.743. The molecule has 2 N–H and O–H groups in total. The van der Waals surface area contributed by atoms with E-state index in [2.05, 4.69) is 11.5 Å². The van der Waals surface area contributed by atoms with Crippen LogP contribution in [0.4, 0.5) is 5.69 Å².